The Hall–Kier alpha value is -2.65. The molecule has 6 heteroatoms. The summed E-state index contributed by atoms with van der Waals surface area (Å²) in [6.45, 7) is 4.01. The Labute approximate surface area is 128 Å². The fourth-order valence-electron chi connectivity index (χ4n) is 2.06. The average Bonchev–Trinajstić information content (AvgIpc) is 2.48. The minimum atomic E-state index is -0.880. The lowest BCUT2D eigenvalue weighted by molar-refractivity contribution is -0.119. The van der Waals surface area contributed by atoms with Gasteiger partial charge in [0.15, 0.2) is 5.78 Å². The number of hydrogen-bond donors (Lipinski definition) is 1. The number of nitriles is 1. The molecule has 1 heterocycles. The monoisotopic (exact) mass is 300 g/mol. The average molecular weight is 300 g/mol. The molecule has 0 saturated carbocycles. The van der Waals surface area contributed by atoms with Crippen LogP contribution in [0.2, 0.25) is 0 Å². The van der Waals surface area contributed by atoms with E-state index in [2.05, 4.69) is 5.32 Å². The van der Waals surface area contributed by atoms with Gasteiger partial charge in [-0.25, -0.2) is 0 Å². The van der Waals surface area contributed by atoms with Crippen molar-refractivity contribution in [1.29, 1.82) is 5.26 Å². The Bertz CT molecular complexity index is 673. The van der Waals surface area contributed by atoms with E-state index in [4.69, 9.17) is 14.7 Å². The molecular formula is C16H16N2O4. The molecular weight excluding hydrogens is 284 g/mol. The largest absolute Gasteiger partial charge is 0.460 e. The zero-order valence-corrected chi connectivity index (χ0v) is 12.4. The number of carbonyl (C=O) groups is 2. The molecule has 1 aliphatic heterocycles. The molecule has 1 aromatic rings. The summed E-state index contributed by atoms with van der Waals surface area (Å²) in [7, 11) is 0. The van der Waals surface area contributed by atoms with Crippen molar-refractivity contribution in [3.63, 3.8) is 0 Å². The highest BCUT2D eigenvalue weighted by molar-refractivity contribution is 6.12. The maximum Gasteiger partial charge on any atom is 0.238 e. The number of Topliss-reactive ketones (excluding diaryl/α,β-unsaturated/α-hetero) is 1. The van der Waals surface area contributed by atoms with Crippen molar-refractivity contribution < 1.29 is 19.1 Å². The predicted octanol–water partition coefficient (Wildman–Crippen LogP) is 1.85. The number of ketones is 1. The summed E-state index contributed by atoms with van der Waals surface area (Å²) >= 11 is 0. The predicted molar refractivity (Wildman–Crippen MR) is 78.0 cm³/mol. The molecule has 1 aromatic carbocycles. The van der Waals surface area contributed by atoms with Crippen LogP contribution in [0.15, 0.2) is 30.0 Å². The Balaban J connectivity index is 2.33. The molecule has 1 unspecified atom stereocenters. The van der Waals surface area contributed by atoms with Gasteiger partial charge in [0.05, 0.1) is 17.2 Å². The second-order valence-corrected chi connectivity index (χ2v) is 4.74. The number of hydrogen-bond acceptors (Lipinski definition) is 5. The van der Waals surface area contributed by atoms with E-state index in [1.54, 1.807) is 25.1 Å². The topological polar surface area (TPSA) is 88.4 Å². The first-order valence-electron chi connectivity index (χ1n) is 6.86. The lowest BCUT2D eigenvalue weighted by atomic mass is 9.98. The van der Waals surface area contributed by atoms with Crippen LogP contribution in [0.25, 0.3) is 0 Å². The SMILES string of the molecule is CCOC1Oc2ccc(C)cc2C(=O)/C1=C/NC(=O)CC#N. The van der Waals surface area contributed by atoms with Crippen LogP contribution in [0.1, 0.15) is 29.3 Å². The van der Waals surface area contributed by atoms with Gasteiger partial charge in [-0.1, -0.05) is 11.6 Å². The van der Waals surface area contributed by atoms with Crippen molar-refractivity contribution in [3.8, 4) is 11.8 Å². The van der Waals surface area contributed by atoms with Gasteiger partial charge in [0.2, 0.25) is 12.2 Å². The molecule has 0 saturated heterocycles. The lowest BCUT2D eigenvalue weighted by Gasteiger charge is -2.27. The van der Waals surface area contributed by atoms with Gasteiger partial charge in [0.1, 0.15) is 12.2 Å². The van der Waals surface area contributed by atoms with Gasteiger partial charge in [-0.3, -0.25) is 9.59 Å². The maximum absolute atomic E-state index is 12.6. The summed E-state index contributed by atoms with van der Waals surface area (Å²) < 4.78 is 11.1. The zero-order chi connectivity index (χ0) is 16.1. The van der Waals surface area contributed by atoms with Crippen molar-refractivity contribution in [1.82, 2.24) is 5.32 Å². The van der Waals surface area contributed by atoms with Crippen molar-refractivity contribution >= 4 is 11.7 Å². The molecule has 0 aromatic heterocycles. The fraction of sp³-hybridized carbons (Fsp3) is 0.312. The molecule has 1 N–H and O–H groups in total. The Kier molecular flexibility index (Phi) is 4.92. The van der Waals surface area contributed by atoms with Crippen molar-refractivity contribution in [2.75, 3.05) is 6.61 Å². The van der Waals surface area contributed by atoms with Crippen LogP contribution in [0.5, 0.6) is 5.75 Å². The molecule has 1 aliphatic rings. The number of amides is 1. The van der Waals surface area contributed by atoms with Gasteiger partial charge in [0.25, 0.3) is 0 Å². The smallest absolute Gasteiger partial charge is 0.238 e. The third-order valence-electron chi connectivity index (χ3n) is 3.08. The van der Waals surface area contributed by atoms with Crippen molar-refractivity contribution in [2.24, 2.45) is 0 Å². The number of ether oxygens (including phenoxy) is 2. The number of fused-ring (bicyclic) bond motifs is 1. The van der Waals surface area contributed by atoms with Crippen LogP contribution >= 0.6 is 0 Å². The highest BCUT2D eigenvalue weighted by atomic mass is 16.7. The van der Waals surface area contributed by atoms with Crippen LogP contribution in [0.4, 0.5) is 0 Å². The maximum atomic E-state index is 12.6. The quantitative estimate of drug-likeness (QED) is 0.857. The van der Waals surface area contributed by atoms with Crippen LogP contribution in [-0.4, -0.2) is 24.6 Å². The molecule has 0 radical (unpaired) electrons. The number of carbonyl (C=O) groups excluding carboxylic acids is 2. The van der Waals surface area contributed by atoms with Gasteiger partial charge in [-0.15, -0.1) is 0 Å². The molecule has 1 amide bonds. The third-order valence-corrected chi connectivity index (χ3v) is 3.08. The number of aryl methyl sites for hydroxylation is 1. The number of rotatable bonds is 4. The fourth-order valence-corrected chi connectivity index (χ4v) is 2.06. The molecule has 6 nitrogen and oxygen atoms in total. The molecule has 2 rings (SSSR count). The van der Waals surface area contributed by atoms with E-state index >= 15 is 0 Å². The van der Waals surface area contributed by atoms with Gasteiger partial charge in [-0.2, -0.15) is 5.26 Å². The lowest BCUT2D eigenvalue weighted by Crippen LogP contribution is -2.34. The molecule has 0 bridgehead atoms. The number of nitrogens with one attached hydrogen (secondary N) is 1. The summed E-state index contributed by atoms with van der Waals surface area (Å²) in [6, 6.07) is 7.03. The zero-order valence-electron chi connectivity index (χ0n) is 12.4. The summed E-state index contributed by atoms with van der Waals surface area (Å²) in [5, 5.41) is 10.9. The molecule has 114 valence electrons. The van der Waals surface area contributed by atoms with Gasteiger partial charge < -0.3 is 14.8 Å². The van der Waals surface area contributed by atoms with Crippen LogP contribution in [0.3, 0.4) is 0 Å². The molecule has 0 aliphatic carbocycles. The van der Waals surface area contributed by atoms with E-state index < -0.39 is 12.2 Å². The molecule has 0 spiro atoms. The van der Waals surface area contributed by atoms with E-state index in [0.717, 1.165) is 5.56 Å². The van der Waals surface area contributed by atoms with E-state index in [-0.39, 0.29) is 17.8 Å². The normalized spacial score (nSPS) is 18.3. The van der Waals surface area contributed by atoms with E-state index in [0.29, 0.717) is 17.9 Å². The minimum absolute atomic E-state index is 0.200. The Morgan fingerprint density at radius 2 is 2.32 bits per heavy atom. The number of benzene rings is 1. The highest BCUT2D eigenvalue weighted by Crippen LogP contribution is 2.31. The van der Waals surface area contributed by atoms with Gasteiger partial charge in [0, 0.05) is 12.8 Å². The molecule has 1 atom stereocenters. The first-order chi connectivity index (χ1) is 10.6. The first kappa shape index (κ1) is 15.7. The number of nitrogens with zero attached hydrogens (tertiary/aromatic N) is 1. The van der Waals surface area contributed by atoms with Crippen molar-refractivity contribution in [2.45, 2.75) is 26.6 Å². The summed E-state index contributed by atoms with van der Waals surface area (Å²) in [5.41, 5.74) is 1.56. The van der Waals surface area contributed by atoms with E-state index in [1.807, 2.05) is 13.0 Å². The van der Waals surface area contributed by atoms with Gasteiger partial charge in [-0.05, 0) is 26.0 Å². The standard InChI is InChI=1S/C16H16N2O4/c1-3-21-16-12(9-18-14(19)6-7-17)15(20)11-8-10(2)4-5-13(11)22-16/h4-5,8-9,16H,3,6H2,1-2H3,(H,18,19)/b12-9-. The third kappa shape index (κ3) is 3.32. The minimum Gasteiger partial charge on any atom is -0.460 e. The molecule has 0 fully saturated rings. The summed E-state index contributed by atoms with van der Waals surface area (Å²) in [4.78, 5) is 24.0. The van der Waals surface area contributed by atoms with Gasteiger partial charge >= 0.3 is 0 Å². The molecule has 22 heavy (non-hydrogen) atoms. The first-order valence-corrected chi connectivity index (χ1v) is 6.86. The summed E-state index contributed by atoms with van der Waals surface area (Å²) in [6.07, 6.45) is 0.0941. The second kappa shape index (κ2) is 6.87. The second-order valence-electron chi connectivity index (χ2n) is 4.74. The highest BCUT2D eigenvalue weighted by Gasteiger charge is 2.32. The van der Waals surface area contributed by atoms with Crippen molar-refractivity contribution in [3.05, 3.63) is 41.1 Å². The Morgan fingerprint density at radius 1 is 1.55 bits per heavy atom. The Morgan fingerprint density at radius 3 is 3.00 bits per heavy atom. The van der Waals surface area contributed by atoms with Crippen LogP contribution in [-0.2, 0) is 9.53 Å². The summed E-state index contributed by atoms with van der Waals surface area (Å²) in [5.74, 6) is -0.303. The van der Waals surface area contributed by atoms with Crippen LogP contribution < -0.4 is 10.1 Å². The van der Waals surface area contributed by atoms with E-state index in [1.165, 1.54) is 6.20 Å². The van der Waals surface area contributed by atoms with Crippen LogP contribution in [0, 0.1) is 18.3 Å². The van der Waals surface area contributed by atoms with E-state index in [9.17, 15) is 9.59 Å².